The van der Waals surface area contributed by atoms with E-state index >= 15 is 0 Å². The van der Waals surface area contributed by atoms with Crippen LogP contribution in [0.1, 0.15) is 5.69 Å². The minimum atomic E-state index is 0.883. The summed E-state index contributed by atoms with van der Waals surface area (Å²) in [5, 5.41) is 3.87. The van der Waals surface area contributed by atoms with Gasteiger partial charge in [-0.05, 0) is 6.92 Å². The van der Waals surface area contributed by atoms with E-state index in [4.69, 9.17) is 0 Å². The zero-order valence-electron chi connectivity index (χ0n) is 6.83. The van der Waals surface area contributed by atoms with E-state index in [9.17, 15) is 0 Å². The molecule has 1 N–H and O–H groups in total. The second-order valence-corrected chi connectivity index (χ2v) is 3.36. The molecule has 0 bridgehead atoms. The predicted octanol–water partition coefficient (Wildman–Crippen LogP) is 1.44. The van der Waals surface area contributed by atoms with E-state index in [1.54, 1.807) is 6.33 Å². The van der Waals surface area contributed by atoms with Gasteiger partial charge in [0.15, 0.2) is 5.13 Å². The van der Waals surface area contributed by atoms with Gasteiger partial charge in [-0.1, -0.05) is 11.3 Å². The van der Waals surface area contributed by atoms with Crippen molar-refractivity contribution in [3.63, 3.8) is 0 Å². The summed E-state index contributed by atoms with van der Waals surface area (Å²) in [5.41, 5.74) is 1.82. The van der Waals surface area contributed by atoms with Gasteiger partial charge in [0.2, 0.25) is 0 Å². The van der Waals surface area contributed by atoms with Gasteiger partial charge in [-0.15, -0.1) is 0 Å². The Morgan fingerprint density at radius 2 is 2.25 bits per heavy atom. The highest BCUT2D eigenvalue weighted by molar-refractivity contribution is 7.21. The minimum absolute atomic E-state index is 0.883. The standard InChI is InChI=1S/C7H8N4S/c1-4-5-6(10-3-9-4)12-7(8-2)11-5/h3H,1-2H3,(H,8,11). The van der Waals surface area contributed by atoms with E-state index in [1.807, 2.05) is 14.0 Å². The number of fused-ring (bicyclic) bond motifs is 1. The number of nitrogens with zero attached hydrogens (tertiary/aromatic N) is 3. The first-order chi connectivity index (χ1) is 5.81. The summed E-state index contributed by atoms with van der Waals surface area (Å²) < 4.78 is 0. The van der Waals surface area contributed by atoms with Crippen molar-refractivity contribution in [3.05, 3.63) is 12.0 Å². The average molecular weight is 180 g/mol. The summed E-state index contributed by atoms with van der Waals surface area (Å²) in [4.78, 5) is 13.4. The lowest BCUT2D eigenvalue weighted by Crippen LogP contribution is -1.86. The minimum Gasteiger partial charge on any atom is -0.365 e. The summed E-state index contributed by atoms with van der Waals surface area (Å²) in [6, 6.07) is 0. The molecule has 0 aliphatic carbocycles. The molecule has 0 saturated heterocycles. The Bertz CT molecular complexity index is 409. The van der Waals surface area contributed by atoms with Crippen molar-refractivity contribution in [2.24, 2.45) is 0 Å². The molecule has 0 radical (unpaired) electrons. The molecule has 5 heteroatoms. The average Bonchev–Trinajstić information content (AvgIpc) is 2.49. The van der Waals surface area contributed by atoms with Crippen LogP contribution in [0.25, 0.3) is 10.3 Å². The van der Waals surface area contributed by atoms with E-state index < -0.39 is 0 Å². The van der Waals surface area contributed by atoms with Gasteiger partial charge in [-0.3, -0.25) is 0 Å². The third kappa shape index (κ3) is 1.02. The highest BCUT2D eigenvalue weighted by Crippen LogP contribution is 2.24. The Morgan fingerprint density at radius 3 is 2.92 bits per heavy atom. The lowest BCUT2D eigenvalue weighted by atomic mass is 10.4. The van der Waals surface area contributed by atoms with Gasteiger partial charge in [0, 0.05) is 7.05 Å². The zero-order chi connectivity index (χ0) is 8.55. The molecule has 2 aromatic heterocycles. The third-order valence-electron chi connectivity index (χ3n) is 1.59. The van der Waals surface area contributed by atoms with E-state index in [0.29, 0.717) is 0 Å². The monoisotopic (exact) mass is 180 g/mol. The first-order valence-corrected chi connectivity index (χ1v) is 4.39. The first kappa shape index (κ1) is 7.42. The molecule has 2 aromatic rings. The fraction of sp³-hybridized carbons (Fsp3) is 0.286. The summed E-state index contributed by atoms with van der Waals surface area (Å²) in [6.45, 7) is 1.93. The molecule has 12 heavy (non-hydrogen) atoms. The predicted molar refractivity (Wildman–Crippen MR) is 49.5 cm³/mol. The number of thiazole rings is 1. The molecule has 0 aliphatic heterocycles. The molecule has 0 saturated carbocycles. The van der Waals surface area contributed by atoms with Gasteiger partial charge in [0.1, 0.15) is 16.7 Å². The SMILES string of the molecule is CNc1nc2c(C)ncnc2s1. The Hall–Kier alpha value is -1.23. The van der Waals surface area contributed by atoms with Crippen LogP contribution < -0.4 is 5.32 Å². The Kier molecular flexibility index (Phi) is 1.65. The van der Waals surface area contributed by atoms with Gasteiger partial charge in [0.05, 0.1) is 5.69 Å². The van der Waals surface area contributed by atoms with Crippen LogP contribution in [0.2, 0.25) is 0 Å². The molecule has 0 atom stereocenters. The maximum absolute atomic E-state index is 4.31. The molecule has 2 heterocycles. The molecule has 0 amide bonds. The molecular formula is C7H8N4S. The first-order valence-electron chi connectivity index (χ1n) is 3.57. The number of hydrogen-bond acceptors (Lipinski definition) is 5. The Labute approximate surface area is 73.7 Å². The molecule has 62 valence electrons. The van der Waals surface area contributed by atoms with Crippen LogP contribution in [-0.2, 0) is 0 Å². The summed E-state index contributed by atoms with van der Waals surface area (Å²) in [6.07, 6.45) is 1.56. The van der Waals surface area contributed by atoms with Crippen LogP contribution in [0.3, 0.4) is 0 Å². The van der Waals surface area contributed by atoms with Crippen molar-refractivity contribution in [3.8, 4) is 0 Å². The normalized spacial score (nSPS) is 10.5. The lowest BCUT2D eigenvalue weighted by Gasteiger charge is -1.88. The number of anilines is 1. The largest absolute Gasteiger partial charge is 0.365 e. The number of aromatic nitrogens is 3. The molecule has 0 aliphatic rings. The van der Waals surface area contributed by atoms with E-state index in [-0.39, 0.29) is 0 Å². The lowest BCUT2D eigenvalue weighted by molar-refractivity contribution is 1.14. The summed E-state index contributed by atoms with van der Waals surface area (Å²) >= 11 is 1.54. The van der Waals surface area contributed by atoms with Gasteiger partial charge in [-0.2, -0.15) is 0 Å². The molecule has 4 nitrogen and oxygen atoms in total. The van der Waals surface area contributed by atoms with Gasteiger partial charge in [-0.25, -0.2) is 15.0 Å². The molecule has 0 fully saturated rings. The molecule has 0 aromatic carbocycles. The van der Waals surface area contributed by atoms with E-state index in [2.05, 4.69) is 20.3 Å². The van der Waals surface area contributed by atoms with Crippen LogP contribution >= 0.6 is 11.3 Å². The van der Waals surface area contributed by atoms with E-state index in [1.165, 1.54) is 11.3 Å². The fourth-order valence-electron chi connectivity index (χ4n) is 0.971. The van der Waals surface area contributed by atoms with Crippen molar-refractivity contribution in [1.82, 2.24) is 15.0 Å². The van der Waals surface area contributed by atoms with Gasteiger partial charge >= 0.3 is 0 Å². The topological polar surface area (TPSA) is 50.7 Å². The molecule has 2 rings (SSSR count). The van der Waals surface area contributed by atoms with Crippen LogP contribution in [0, 0.1) is 6.92 Å². The maximum atomic E-state index is 4.31. The Balaban J connectivity index is 2.74. The number of rotatable bonds is 1. The quantitative estimate of drug-likeness (QED) is 0.721. The third-order valence-corrected chi connectivity index (χ3v) is 2.57. The smallest absolute Gasteiger partial charge is 0.185 e. The highest BCUT2D eigenvalue weighted by atomic mass is 32.1. The van der Waals surface area contributed by atoms with E-state index in [0.717, 1.165) is 21.2 Å². The van der Waals surface area contributed by atoms with Crippen molar-refractivity contribution in [2.45, 2.75) is 6.92 Å². The number of aryl methyl sites for hydroxylation is 1. The molecular weight excluding hydrogens is 172 g/mol. The summed E-state index contributed by atoms with van der Waals surface area (Å²) in [5.74, 6) is 0. The van der Waals surface area contributed by atoms with Crippen molar-refractivity contribution >= 4 is 26.8 Å². The highest BCUT2D eigenvalue weighted by Gasteiger charge is 2.05. The van der Waals surface area contributed by atoms with Crippen LogP contribution in [0.15, 0.2) is 6.33 Å². The van der Waals surface area contributed by atoms with Gasteiger partial charge < -0.3 is 5.32 Å². The maximum Gasteiger partial charge on any atom is 0.185 e. The van der Waals surface area contributed by atoms with Crippen molar-refractivity contribution in [1.29, 1.82) is 0 Å². The molecule has 0 unspecified atom stereocenters. The van der Waals surface area contributed by atoms with Gasteiger partial charge in [0.25, 0.3) is 0 Å². The summed E-state index contributed by atoms with van der Waals surface area (Å²) in [7, 11) is 1.85. The number of hydrogen-bond donors (Lipinski definition) is 1. The van der Waals surface area contributed by atoms with Crippen LogP contribution in [0.5, 0.6) is 0 Å². The van der Waals surface area contributed by atoms with Crippen LogP contribution in [-0.4, -0.2) is 22.0 Å². The van der Waals surface area contributed by atoms with Crippen LogP contribution in [0.4, 0.5) is 5.13 Å². The fourth-order valence-corrected chi connectivity index (χ4v) is 1.78. The second kappa shape index (κ2) is 2.67. The second-order valence-electron chi connectivity index (χ2n) is 2.38. The number of nitrogens with one attached hydrogen (secondary N) is 1. The van der Waals surface area contributed by atoms with Crippen molar-refractivity contribution < 1.29 is 0 Å². The van der Waals surface area contributed by atoms with Crippen molar-refractivity contribution in [2.75, 3.05) is 12.4 Å². The zero-order valence-corrected chi connectivity index (χ0v) is 7.64. The molecule has 0 spiro atoms. The Morgan fingerprint density at radius 1 is 1.42 bits per heavy atom.